The molecule has 1 rings (SSSR count). The minimum Gasteiger partial charge on any atom is -0.493 e. The first-order valence-electron chi connectivity index (χ1n) is 5.04. The van der Waals surface area contributed by atoms with E-state index in [1.807, 2.05) is 19.1 Å². The second-order valence-corrected chi connectivity index (χ2v) is 6.10. The molecule has 0 saturated carbocycles. The lowest BCUT2D eigenvalue weighted by Gasteiger charge is -2.08. The summed E-state index contributed by atoms with van der Waals surface area (Å²) < 4.78 is 27.0. The van der Waals surface area contributed by atoms with Gasteiger partial charge in [0.05, 0.1) is 5.75 Å². The van der Waals surface area contributed by atoms with Gasteiger partial charge in [0.1, 0.15) is 12.4 Å². The number of sulfone groups is 1. The van der Waals surface area contributed by atoms with Crippen molar-refractivity contribution in [3.63, 3.8) is 0 Å². The van der Waals surface area contributed by atoms with Crippen LogP contribution in [-0.2, 0) is 9.84 Å². The third kappa shape index (κ3) is 4.63. The van der Waals surface area contributed by atoms with Crippen molar-refractivity contribution >= 4 is 9.84 Å². The Morgan fingerprint density at radius 3 is 2.31 bits per heavy atom. The highest BCUT2D eigenvalue weighted by molar-refractivity contribution is 7.90. The predicted octanol–water partition coefficient (Wildman–Crippen LogP) is 1.13. The van der Waals surface area contributed by atoms with Crippen LogP contribution < -0.4 is 10.5 Å². The fourth-order valence-corrected chi connectivity index (χ4v) is 1.56. The molecule has 90 valence electrons. The van der Waals surface area contributed by atoms with E-state index in [9.17, 15) is 8.42 Å². The number of nitrogens with two attached hydrogens (primary N) is 1. The van der Waals surface area contributed by atoms with Crippen molar-refractivity contribution in [2.45, 2.75) is 13.0 Å². The molecule has 0 heterocycles. The number of rotatable bonds is 5. The summed E-state index contributed by atoms with van der Waals surface area (Å²) in [6, 6.07) is 7.33. The summed E-state index contributed by atoms with van der Waals surface area (Å²) in [5.41, 5.74) is 6.72. The maximum atomic E-state index is 10.9. The van der Waals surface area contributed by atoms with Crippen LogP contribution >= 0.6 is 0 Å². The highest BCUT2D eigenvalue weighted by Crippen LogP contribution is 2.15. The molecule has 0 unspecified atom stereocenters. The van der Waals surface area contributed by atoms with Crippen LogP contribution in [0.1, 0.15) is 18.5 Å². The second kappa shape index (κ2) is 5.32. The third-order valence-electron chi connectivity index (χ3n) is 2.13. The van der Waals surface area contributed by atoms with Crippen molar-refractivity contribution in [1.82, 2.24) is 0 Å². The van der Waals surface area contributed by atoms with Gasteiger partial charge in [-0.15, -0.1) is 0 Å². The van der Waals surface area contributed by atoms with Crippen LogP contribution in [0.4, 0.5) is 0 Å². The Bertz CT molecular complexity index is 423. The van der Waals surface area contributed by atoms with Gasteiger partial charge in [-0.1, -0.05) is 12.1 Å². The zero-order chi connectivity index (χ0) is 12.2. The summed E-state index contributed by atoms with van der Waals surface area (Å²) in [6.45, 7) is 2.08. The molecule has 0 spiro atoms. The van der Waals surface area contributed by atoms with E-state index in [1.54, 1.807) is 12.1 Å². The molecule has 0 aliphatic rings. The van der Waals surface area contributed by atoms with Gasteiger partial charge in [0.15, 0.2) is 9.84 Å². The standard InChI is InChI=1S/C11H17NO3S/c1-9(12)10-3-5-11(6-4-10)15-7-8-16(2,13)14/h3-6,9H,7-8,12H2,1-2H3/t9-/m1/s1. The highest BCUT2D eigenvalue weighted by atomic mass is 32.2. The van der Waals surface area contributed by atoms with Crippen LogP contribution in [0.25, 0.3) is 0 Å². The molecule has 0 aliphatic carbocycles. The number of ether oxygens (including phenoxy) is 1. The number of hydrogen-bond acceptors (Lipinski definition) is 4. The Hall–Kier alpha value is -1.07. The summed E-state index contributed by atoms with van der Waals surface area (Å²) in [5, 5.41) is 0. The van der Waals surface area contributed by atoms with Crippen molar-refractivity contribution in [2.24, 2.45) is 5.73 Å². The SMILES string of the molecule is C[C@@H](N)c1ccc(OCCS(C)(=O)=O)cc1. The van der Waals surface area contributed by atoms with E-state index in [0.717, 1.165) is 5.56 Å². The van der Waals surface area contributed by atoms with E-state index in [2.05, 4.69) is 0 Å². The molecule has 4 nitrogen and oxygen atoms in total. The molecule has 0 aliphatic heterocycles. The monoisotopic (exact) mass is 243 g/mol. The van der Waals surface area contributed by atoms with E-state index in [4.69, 9.17) is 10.5 Å². The van der Waals surface area contributed by atoms with Gasteiger partial charge in [0.2, 0.25) is 0 Å². The maximum Gasteiger partial charge on any atom is 0.150 e. The Kier molecular flexibility index (Phi) is 4.32. The van der Waals surface area contributed by atoms with Gasteiger partial charge in [-0.25, -0.2) is 8.42 Å². The lowest BCUT2D eigenvalue weighted by molar-refractivity contribution is 0.341. The molecule has 0 fully saturated rings. The Labute approximate surface area is 96.3 Å². The van der Waals surface area contributed by atoms with E-state index >= 15 is 0 Å². The quantitative estimate of drug-likeness (QED) is 0.841. The van der Waals surface area contributed by atoms with Gasteiger partial charge in [0, 0.05) is 12.3 Å². The molecule has 16 heavy (non-hydrogen) atoms. The lowest BCUT2D eigenvalue weighted by Crippen LogP contribution is -2.12. The van der Waals surface area contributed by atoms with E-state index in [-0.39, 0.29) is 18.4 Å². The van der Waals surface area contributed by atoms with Gasteiger partial charge >= 0.3 is 0 Å². The topological polar surface area (TPSA) is 69.4 Å². The van der Waals surface area contributed by atoms with Gasteiger partial charge in [-0.05, 0) is 24.6 Å². The minimum absolute atomic E-state index is 0.00919. The summed E-state index contributed by atoms with van der Waals surface area (Å²) in [6.07, 6.45) is 1.19. The average molecular weight is 243 g/mol. The average Bonchev–Trinajstić information content (AvgIpc) is 2.16. The highest BCUT2D eigenvalue weighted by Gasteiger charge is 2.03. The van der Waals surface area contributed by atoms with E-state index in [1.165, 1.54) is 6.26 Å². The van der Waals surface area contributed by atoms with E-state index in [0.29, 0.717) is 5.75 Å². The third-order valence-corrected chi connectivity index (χ3v) is 3.04. The van der Waals surface area contributed by atoms with Crippen molar-refractivity contribution in [3.8, 4) is 5.75 Å². The van der Waals surface area contributed by atoms with Crippen molar-refractivity contribution < 1.29 is 13.2 Å². The molecule has 1 aromatic carbocycles. The Morgan fingerprint density at radius 2 is 1.88 bits per heavy atom. The normalized spacial score (nSPS) is 13.4. The predicted molar refractivity (Wildman–Crippen MR) is 64.3 cm³/mol. The van der Waals surface area contributed by atoms with Crippen LogP contribution in [0.2, 0.25) is 0 Å². The van der Waals surface area contributed by atoms with Gasteiger partial charge in [-0.2, -0.15) is 0 Å². The summed E-state index contributed by atoms with van der Waals surface area (Å²) >= 11 is 0. The molecular weight excluding hydrogens is 226 g/mol. The smallest absolute Gasteiger partial charge is 0.150 e. The van der Waals surface area contributed by atoms with Crippen LogP contribution in [0.5, 0.6) is 5.75 Å². The van der Waals surface area contributed by atoms with Gasteiger partial charge in [-0.3, -0.25) is 0 Å². The fraction of sp³-hybridized carbons (Fsp3) is 0.455. The summed E-state index contributed by atoms with van der Waals surface area (Å²) in [4.78, 5) is 0. The molecule has 0 radical (unpaired) electrons. The molecule has 1 atom stereocenters. The summed E-state index contributed by atoms with van der Waals surface area (Å²) in [7, 11) is -2.96. The fourth-order valence-electron chi connectivity index (χ4n) is 1.18. The van der Waals surface area contributed by atoms with Crippen LogP contribution in [0.15, 0.2) is 24.3 Å². The van der Waals surface area contributed by atoms with Gasteiger partial charge in [0.25, 0.3) is 0 Å². The molecule has 2 N–H and O–H groups in total. The first-order chi connectivity index (χ1) is 7.38. The van der Waals surface area contributed by atoms with Crippen LogP contribution in [0, 0.1) is 0 Å². The molecule has 0 amide bonds. The second-order valence-electron chi connectivity index (χ2n) is 3.84. The zero-order valence-corrected chi connectivity index (χ0v) is 10.3. The number of benzene rings is 1. The molecular formula is C11H17NO3S. The van der Waals surface area contributed by atoms with Crippen LogP contribution in [0.3, 0.4) is 0 Å². The first kappa shape index (κ1) is 13.0. The maximum absolute atomic E-state index is 10.9. The largest absolute Gasteiger partial charge is 0.493 e. The Morgan fingerprint density at radius 1 is 1.31 bits per heavy atom. The first-order valence-corrected chi connectivity index (χ1v) is 7.10. The van der Waals surface area contributed by atoms with E-state index < -0.39 is 9.84 Å². The molecule has 1 aromatic rings. The molecule has 0 saturated heterocycles. The van der Waals surface area contributed by atoms with Crippen molar-refractivity contribution in [2.75, 3.05) is 18.6 Å². The lowest BCUT2D eigenvalue weighted by atomic mass is 10.1. The minimum atomic E-state index is -2.96. The summed E-state index contributed by atoms with van der Waals surface area (Å²) in [5.74, 6) is 0.690. The van der Waals surface area contributed by atoms with Crippen molar-refractivity contribution in [3.05, 3.63) is 29.8 Å². The van der Waals surface area contributed by atoms with Crippen molar-refractivity contribution in [1.29, 1.82) is 0 Å². The van der Waals surface area contributed by atoms with Crippen LogP contribution in [-0.4, -0.2) is 27.0 Å². The van der Waals surface area contributed by atoms with Gasteiger partial charge < -0.3 is 10.5 Å². The molecule has 0 bridgehead atoms. The molecule has 0 aromatic heterocycles. The Balaban J connectivity index is 2.50. The molecule has 5 heteroatoms. The number of hydrogen-bond donors (Lipinski definition) is 1. The zero-order valence-electron chi connectivity index (χ0n) is 9.51.